The lowest BCUT2D eigenvalue weighted by atomic mass is 9.98. The van der Waals surface area contributed by atoms with Crippen LogP contribution in [0.4, 0.5) is 0 Å². The van der Waals surface area contributed by atoms with Crippen molar-refractivity contribution in [3.63, 3.8) is 0 Å². The zero-order valence-corrected chi connectivity index (χ0v) is 15.1. The Labute approximate surface area is 145 Å². The molecule has 2 N–H and O–H groups in total. The highest BCUT2D eigenvalue weighted by molar-refractivity contribution is 6.30. The topological polar surface area (TPSA) is 39.7 Å². The second kappa shape index (κ2) is 9.78. The first-order valence-electron chi connectivity index (χ1n) is 8.62. The fourth-order valence-electron chi connectivity index (χ4n) is 3.04. The Morgan fingerprint density at radius 1 is 1.30 bits per heavy atom. The number of halogens is 1. The molecule has 0 radical (unpaired) electrons. The van der Waals surface area contributed by atoms with Crippen LogP contribution in [0, 0.1) is 5.92 Å². The molecule has 1 unspecified atom stereocenters. The molecule has 2 rings (SSSR count). The summed E-state index contributed by atoms with van der Waals surface area (Å²) in [6.07, 6.45) is 3.58. The Morgan fingerprint density at radius 2 is 2.09 bits per heavy atom. The highest BCUT2D eigenvalue weighted by atomic mass is 35.5. The predicted molar refractivity (Wildman–Crippen MR) is 99.4 cm³/mol. The van der Waals surface area contributed by atoms with E-state index < -0.39 is 0 Å². The average molecular weight is 337 g/mol. The third-order valence-electron chi connectivity index (χ3n) is 4.45. The van der Waals surface area contributed by atoms with Crippen molar-refractivity contribution in [2.24, 2.45) is 10.9 Å². The van der Waals surface area contributed by atoms with Gasteiger partial charge in [-0.1, -0.05) is 30.7 Å². The summed E-state index contributed by atoms with van der Waals surface area (Å²) in [6.45, 7) is 7.72. The Kier molecular flexibility index (Phi) is 7.69. The van der Waals surface area contributed by atoms with Crippen molar-refractivity contribution < 1.29 is 0 Å². The molecule has 0 saturated carbocycles. The van der Waals surface area contributed by atoms with E-state index in [4.69, 9.17) is 11.6 Å². The molecule has 1 aliphatic rings. The van der Waals surface area contributed by atoms with Crippen LogP contribution < -0.4 is 10.6 Å². The van der Waals surface area contributed by atoms with E-state index in [1.54, 1.807) is 0 Å². The van der Waals surface area contributed by atoms with E-state index in [-0.39, 0.29) is 0 Å². The number of nitrogens with zero attached hydrogens (tertiary/aromatic N) is 2. The van der Waals surface area contributed by atoms with E-state index in [0.717, 1.165) is 43.0 Å². The van der Waals surface area contributed by atoms with Gasteiger partial charge in [-0.05, 0) is 56.0 Å². The van der Waals surface area contributed by atoms with Crippen molar-refractivity contribution in [2.45, 2.75) is 26.2 Å². The fourth-order valence-corrected chi connectivity index (χ4v) is 3.17. The quantitative estimate of drug-likeness (QED) is 0.620. The van der Waals surface area contributed by atoms with Gasteiger partial charge in [0.2, 0.25) is 0 Å². The summed E-state index contributed by atoms with van der Waals surface area (Å²) in [5.41, 5.74) is 1.28. The van der Waals surface area contributed by atoms with Crippen molar-refractivity contribution in [3.05, 3.63) is 34.9 Å². The van der Waals surface area contributed by atoms with Crippen LogP contribution in [0.5, 0.6) is 0 Å². The second-order valence-corrected chi connectivity index (χ2v) is 6.59. The summed E-state index contributed by atoms with van der Waals surface area (Å²) in [6, 6.07) is 8.02. The number of nitrogens with one attached hydrogen (secondary N) is 2. The number of likely N-dealkylation sites (tertiary alicyclic amines) is 1. The number of guanidine groups is 1. The largest absolute Gasteiger partial charge is 0.356 e. The number of benzene rings is 1. The maximum absolute atomic E-state index is 5.91. The minimum absolute atomic E-state index is 0.721. The van der Waals surface area contributed by atoms with Crippen LogP contribution in [0.1, 0.15) is 25.3 Å². The summed E-state index contributed by atoms with van der Waals surface area (Å²) < 4.78 is 0. The van der Waals surface area contributed by atoms with Gasteiger partial charge in [0, 0.05) is 31.7 Å². The highest BCUT2D eigenvalue weighted by Crippen LogP contribution is 2.15. The van der Waals surface area contributed by atoms with E-state index >= 15 is 0 Å². The molecule has 0 aliphatic carbocycles. The number of hydrogen-bond acceptors (Lipinski definition) is 2. The molecule has 5 heteroatoms. The predicted octanol–water partition coefficient (Wildman–Crippen LogP) is 2.78. The molecule has 1 aliphatic heterocycles. The molecule has 0 amide bonds. The SMILES string of the molecule is CCN1CCCC(CNC(=NC)NCCc2ccc(Cl)cc2)C1. The zero-order valence-electron chi connectivity index (χ0n) is 14.3. The van der Waals surface area contributed by atoms with Crippen LogP contribution in [0.25, 0.3) is 0 Å². The molecule has 1 aromatic rings. The van der Waals surface area contributed by atoms with Crippen LogP contribution >= 0.6 is 11.6 Å². The summed E-state index contributed by atoms with van der Waals surface area (Å²) in [4.78, 5) is 6.85. The average Bonchev–Trinajstić information content (AvgIpc) is 2.59. The van der Waals surface area contributed by atoms with Crippen LogP contribution in [-0.4, -0.2) is 50.6 Å². The lowest BCUT2D eigenvalue weighted by molar-refractivity contribution is 0.183. The molecular formula is C18H29ClN4. The Bertz CT molecular complexity index is 486. The van der Waals surface area contributed by atoms with Crippen molar-refractivity contribution in [1.82, 2.24) is 15.5 Å². The number of aliphatic imine (C=N–C) groups is 1. The minimum Gasteiger partial charge on any atom is -0.356 e. The van der Waals surface area contributed by atoms with Crippen molar-refractivity contribution in [2.75, 3.05) is 39.8 Å². The smallest absolute Gasteiger partial charge is 0.190 e. The molecule has 1 saturated heterocycles. The van der Waals surface area contributed by atoms with Gasteiger partial charge < -0.3 is 15.5 Å². The Morgan fingerprint density at radius 3 is 2.78 bits per heavy atom. The molecule has 1 heterocycles. The molecule has 1 fully saturated rings. The first kappa shape index (κ1) is 18.1. The van der Waals surface area contributed by atoms with E-state index in [1.807, 2.05) is 19.2 Å². The van der Waals surface area contributed by atoms with Gasteiger partial charge in [-0.25, -0.2) is 0 Å². The van der Waals surface area contributed by atoms with Crippen molar-refractivity contribution in [1.29, 1.82) is 0 Å². The summed E-state index contributed by atoms with van der Waals surface area (Å²) >= 11 is 5.91. The molecule has 0 spiro atoms. The molecule has 0 bridgehead atoms. The first-order valence-corrected chi connectivity index (χ1v) is 9.00. The maximum atomic E-state index is 5.91. The lowest BCUT2D eigenvalue weighted by Gasteiger charge is -2.32. The van der Waals surface area contributed by atoms with E-state index in [0.29, 0.717) is 0 Å². The third kappa shape index (κ3) is 6.40. The Balaban J connectivity index is 1.68. The number of rotatable bonds is 6. The van der Waals surface area contributed by atoms with Gasteiger partial charge in [0.05, 0.1) is 0 Å². The van der Waals surface area contributed by atoms with Gasteiger partial charge in [-0.3, -0.25) is 4.99 Å². The van der Waals surface area contributed by atoms with Crippen LogP contribution in [0.2, 0.25) is 5.02 Å². The summed E-state index contributed by atoms with van der Waals surface area (Å²) in [7, 11) is 1.83. The van der Waals surface area contributed by atoms with Crippen LogP contribution in [0.15, 0.2) is 29.3 Å². The molecular weight excluding hydrogens is 308 g/mol. The molecule has 0 aromatic heterocycles. The molecule has 4 nitrogen and oxygen atoms in total. The zero-order chi connectivity index (χ0) is 16.5. The summed E-state index contributed by atoms with van der Waals surface area (Å²) in [5, 5.41) is 7.64. The molecule has 128 valence electrons. The molecule has 23 heavy (non-hydrogen) atoms. The summed E-state index contributed by atoms with van der Waals surface area (Å²) in [5.74, 6) is 1.62. The maximum Gasteiger partial charge on any atom is 0.190 e. The fraction of sp³-hybridized carbons (Fsp3) is 0.611. The Hall–Kier alpha value is -1.26. The van der Waals surface area contributed by atoms with Crippen LogP contribution in [0.3, 0.4) is 0 Å². The van der Waals surface area contributed by atoms with Gasteiger partial charge in [0.15, 0.2) is 5.96 Å². The van der Waals surface area contributed by atoms with Crippen molar-refractivity contribution in [3.8, 4) is 0 Å². The lowest BCUT2D eigenvalue weighted by Crippen LogP contribution is -2.44. The van der Waals surface area contributed by atoms with Gasteiger partial charge in [-0.15, -0.1) is 0 Å². The standard InChI is InChI=1S/C18H29ClN4/c1-3-23-12-4-5-16(14-23)13-22-18(20-2)21-11-10-15-6-8-17(19)9-7-15/h6-9,16H,3-5,10-14H2,1-2H3,(H2,20,21,22). The molecule has 1 atom stereocenters. The number of hydrogen-bond donors (Lipinski definition) is 2. The highest BCUT2D eigenvalue weighted by Gasteiger charge is 2.18. The van der Waals surface area contributed by atoms with E-state index in [9.17, 15) is 0 Å². The van der Waals surface area contributed by atoms with Crippen molar-refractivity contribution >= 4 is 17.6 Å². The van der Waals surface area contributed by atoms with E-state index in [1.165, 1.54) is 31.5 Å². The molecule has 1 aromatic carbocycles. The third-order valence-corrected chi connectivity index (χ3v) is 4.70. The van der Waals surface area contributed by atoms with Gasteiger partial charge in [0.1, 0.15) is 0 Å². The van der Waals surface area contributed by atoms with E-state index in [2.05, 4.69) is 39.6 Å². The van der Waals surface area contributed by atoms with Gasteiger partial charge in [-0.2, -0.15) is 0 Å². The second-order valence-electron chi connectivity index (χ2n) is 6.16. The number of piperidine rings is 1. The van der Waals surface area contributed by atoms with Gasteiger partial charge in [0.25, 0.3) is 0 Å². The van der Waals surface area contributed by atoms with Gasteiger partial charge >= 0.3 is 0 Å². The first-order chi connectivity index (χ1) is 11.2. The monoisotopic (exact) mass is 336 g/mol. The minimum atomic E-state index is 0.721. The normalized spacial score (nSPS) is 19.6. The van der Waals surface area contributed by atoms with Crippen LogP contribution in [-0.2, 0) is 6.42 Å².